The first-order valence-electron chi connectivity index (χ1n) is 4.70. The fourth-order valence-corrected chi connectivity index (χ4v) is 1.23. The third kappa shape index (κ3) is 6.21. The molecule has 5 heteroatoms. The Morgan fingerprint density at radius 1 is 1.21 bits per heavy atom. The summed E-state index contributed by atoms with van der Waals surface area (Å²) in [5, 5.41) is 11.7. The van der Waals surface area contributed by atoms with Gasteiger partial charge in [-0.15, -0.1) is 0 Å². The molecule has 0 aliphatic carbocycles. The van der Waals surface area contributed by atoms with E-state index in [-0.39, 0.29) is 18.6 Å². The van der Waals surface area contributed by atoms with Crippen LogP contribution in [0.5, 0.6) is 0 Å². The van der Waals surface area contributed by atoms with Crippen molar-refractivity contribution in [2.45, 2.75) is 45.5 Å². The summed E-state index contributed by atoms with van der Waals surface area (Å²) in [6.45, 7) is 5.04. The van der Waals surface area contributed by atoms with Crippen LogP contribution in [-0.2, 0) is 0 Å². The molecule has 0 saturated heterocycles. The van der Waals surface area contributed by atoms with Gasteiger partial charge in [0, 0.05) is 12.1 Å². The minimum absolute atomic E-state index is 0.121. The molecule has 0 amide bonds. The lowest BCUT2D eigenvalue weighted by molar-refractivity contribution is -0.139. The van der Waals surface area contributed by atoms with E-state index >= 15 is 0 Å². The quantitative estimate of drug-likeness (QED) is 0.731. The minimum Gasteiger partial charge on any atom is -0.395 e. The maximum atomic E-state index is 12.0. The first kappa shape index (κ1) is 13.7. The average Bonchev–Trinajstić information content (AvgIpc) is 1.96. The van der Waals surface area contributed by atoms with Crippen molar-refractivity contribution in [3.05, 3.63) is 0 Å². The SMILES string of the molecule is CC(CC(F)(F)F)N[C@H](CO)C(C)C. The van der Waals surface area contributed by atoms with E-state index in [9.17, 15) is 13.2 Å². The van der Waals surface area contributed by atoms with Crippen molar-refractivity contribution in [2.24, 2.45) is 5.92 Å². The molecular formula is C9H18F3NO. The maximum absolute atomic E-state index is 12.0. The Balaban J connectivity index is 3.97. The van der Waals surface area contributed by atoms with E-state index in [4.69, 9.17) is 5.11 Å². The van der Waals surface area contributed by atoms with E-state index in [1.165, 1.54) is 6.92 Å². The van der Waals surface area contributed by atoms with Gasteiger partial charge < -0.3 is 10.4 Å². The van der Waals surface area contributed by atoms with E-state index in [0.717, 1.165) is 0 Å². The molecule has 0 aliphatic rings. The Kier molecular flexibility index (Phi) is 5.44. The van der Waals surface area contributed by atoms with Gasteiger partial charge in [0.15, 0.2) is 0 Å². The highest BCUT2D eigenvalue weighted by Gasteiger charge is 2.30. The molecule has 0 aromatic heterocycles. The molecule has 0 saturated carbocycles. The zero-order valence-electron chi connectivity index (χ0n) is 8.73. The van der Waals surface area contributed by atoms with Crippen LogP contribution in [0.1, 0.15) is 27.2 Å². The van der Waals surface area contributed by atoms with Crippen LogP contribution in [0, 0.1) is 5.92 Å². The second-order valence-electron chi connectivity index (χ2n) is 3.92. The van der Waals surface area contributed by atoms with Gasteiger partial charge in [0.2, 0.25) is 0 Å². The first-order valence-corrected chi connectivity index (χ1v) is 4.70. The van der Waals surface area contributed by atoms with Crippen molar-refractivity contribution in [3.63, 3.8) is 0 Å². The van der Waals surface area contributed by atoms with Gasteiger partial charge in [-0.2, -0.15) is 13.2 Å². The normalized spacial score (nSPS) is 17.1. The number of nitrogens with one attached hydrogen (secondary N) is 1. The van der Waals surface area contributed by atoms with E-state index in [1.54, 1.807) is 0 Å². The zero-order chi connectivity index (χ0) is 11.4. The molecule has 2 N–H and O–H groups in total. The number of halogens is 3. The lowest BCUT2D eigenvalue weighted by atomic mass is 10.0. The molecule has 2 nitrogen and oxygen atoms in total. The second-order valence-corrected chi connectivity index (χ2v) is 3.92. The number of hydrogen-bond acceptors (Lipinski definition) is 2. The summed E-state index contributed by atoms with van der Waals surface area (Å²) in [7, 11) is 0. The fraction of sp³-hybridized carbons (Fsp3) is 1.00. The molecule has 86 valence electrons. The van der Waals surface area contributed by atoms with Crippen LogP contribution in [0.25, 0.3) is 0 Å². The van der Waals surface area contributed by atoms with Crippen LogP contribution in [0.3, 0.4) is 0 Å². The van der Waals surface area contributed by atoms with Gasteiger partial charge in [0.25, 0.3) is 0 Å². The number of aliphatic hydroxyl groups excluding tert-OH is 1. The summed E-state index contributed by atoms with van der Waals surface area (Å²) in [5.41, 5.74) is 0. The third-order valence-corrected chi connectivity index (χ3v) is 2.04. The van der Waals surface area contributed by atoms with E-state index in [0.29, 0.717) is 0 Å². The lowest BCUT2D eigenvalue weighted by Crippen LogP contribution is -2.44. The van der Waals surface area contributed by atoms with Gasteiger partial charge in [-0.1, -0.05) is 13.8 Å². The van der Waals surface area contributed by atoms with Crippen molar-refractivity contribution in [3.8, 4) is 0 Å². The van der Waals surface area contributed by atoms with Crippen molar-refractivity contribution in [1.82, 2.24) is 5.32 Å². The van der Waals surface area contributed by atoms with Crippen molar-refractivity contribution >= 4 is 0 Å². The summed E-state index contributed by atoms with van der Waals surface area (Å²) in [5.74, 6) is 0.121. The fourth-order valence-electron chi connectivity index (χ4n) is 1.23. The van der Waals surface area contributed by atoms with Crippen molar-refractivity contribution in [1.29, 1.82) is 0 Å². The minimum atomic E-state index is -4.15. The molecule has 0 spiro atoms. The number of hydrogen-bond donors (Lipinski definition) is 2. The first-order chi connectivity index (χ1) is 6.26. The Labute approximate surface area is 82.5 Å². The van der Waals surface area contributed by atoms with E-state index < -0.39 is 18.6 Å². The smallest absolute Gasteiger partial charge is 0.390 e. The van der Waals surface area contributed by atoms with Gasteiger partial charge in [-0.3, -0.25) is 0 Å². The molecule has 0 bridgehead atoms. The van der Waals surface area contributed by atoms with Gasteiger partial charge >= 0.3 is 6.18 Å². The highest BCUT2D eigenvalue weighted by atomic mass is 19.4. The summed E-state index contributed by atoms with van der Waals surface area (Å²) < 4.78 is 35.9. The Morgan fingerprint density at radius 2 is 1.71 bits per heavy atom. The monoisotopic (exact) mass is 213 g/mol. The standard InChI is InChI=1S/C9H18F3NO/c1-6(2)8(5-14)13-7(3)4-9(10,11)12/h6-8,13-14H,4-5H2,1-3H3/t7?,8-/m1/s1. The Morgan fingerprint density at radius 3 is 2.00 bits per heavy atom. The van der Waals surface area contributed by atoms with Gasteiger partial charge in [-0.25, -0.2) is 0 Å². The van der Waals surface area contributed by atoms with Crippen LogP contribution >= 0.6 is 0 Å². The van der Waals surface area contributed by atoms with Gasteiger partial charge in [0.1, 0.15) is 0 Å². The molecule has 2 atom stereocenters. The molecule has 0 fully saturated rings. The average molecular weight is 213 g/mol. The van der Waals surface area contributed by atoms with E-state index in [1.807, 2.05) is 13.8 Å². The highest BCUT2D eigenvalue weighted by Crippen LogP contribution is 2.21. The molecule has 0 rings (SSSR count). The van der Waals surface area contributed by atoms with Crippen LogP contribution in [0.15, 0.2) is 0 Å². The van der Waals surface area contributed by atoms with E-state index in [2.05, 4.69) is 5.32 Å². The molecule has 0 radical (unpaired) electrons. The summed E-state index contributed by atoms with van der Waals surface area (Å²) >= 11 is 0. The third-order valence-electron chi connectivity index (χ3n) is 2.04. The zero-order valence-corrected chi connectivity index (χ0v) is 8.73. The predicted molar refractivity (Wildman–Crippen MR) is 49.0 cm³/mol. The summed E-state index contributed by atoms with van der Waals surface area (Å²) in [6.07, 6.45) is -5.01. The van der Waals surface area contributed by atoms with Crippen molar-refractivity contribution < 1.29 is 18.3 Å². The van der Waals surface area contributed by atoms with Crippen LogP contribution in [0.4, 0.5) is 13.2 Å². The second kappa shape index (κ2) is 5.56. The Hall–Kier alpha value is -0.290. The topological polar surface area (TPSA) is 32.3 Å². The predicted octanol–water partition coefficient (Wildman–Crippen LogP) is 1.93. The Bertz CT molecular complexity index is 159. The van der Waals surface area contributed by atoms with Crippen LogP contribution < -0.4 is 5.32 Å². The molecule has 0 aliphatic heterocycles. The number of alkyl halides is 3. The molecule has 0 heterocycles. The number of rotatable bonds is 5. The van der Waals surface area contributed by atoms with Crippen LogP contribution in [-0.4, -0.2) is 30.0 Å². The largest absolute Gasteiger partial charge is 0.395 e. The molecular weight excluding hydrogens is 195 g/mol. The van der Waals surface area contributed by atoms with Crippen LogP contribution in [0.2, 0.25) is 0 Å². The molecule has 0 aromatic rings. The van der Waals surface area contributed by atoms with Gasteiger partial charge in [-0.05, 0) is 12.8 Å². The molecule has 14 heavy (non-hydrogen) atoms. The summed E-state index contributed by atoms with van der Waals surface area (Å²) in [6, 6.07) is -0.929. The van der Waals surface area contributed by atoms with Crippen molar-refractivity contribution in [2.75, 3.05) is 6.61 Å². The maximum Gasteiger partial charge on any atom is 0.390 e. The molecule has 0 aromatic carbocycles. The lowest BCUT2D eigenvalue weighted by Gasteiger charge is -2.25. The summed E-state index contributed by atoms with van der Waals surface area (Å²) in [4.78, 5) is 0. The number of aliphatic hydroxyl groups is 1. The van der Waals surface area contributed by atoms with Gasteiger partial charge in [0.05, 0.1) is 13.0 Å². The molecule has 1 unspecified atom stereocenters. The highest BCUT2D eigenvalue weighted by molar-refractivity contribution is 4.75.